The number of amides is 1. The normalized spacial score (nSPS) is 19.4. The number of thiazole rings is 1. The number of hydrogen-bond donors (Lipinski definition) is 2. The first kappa shape index (κ1) is 15.9. The Hall–Kier alpha value is -1.47. The van der Waals surface area contributed by atoms with Crippen molar-refractivity contribution in [1.82, 2.24) is 15.2 Å². The van der Waals surface area contributed by atoms with Gasteiger partial charge < -0.3 is 10.4 Å². The highest BCUT2D eigenvalue weighted by Gasteiger charge is 2.24. The number of nitrogens with one attached hydrogen (secondary N) is 1. The summed E-state index contributed by atoms with van der Waals surface area (Å²) < 4.78 is 0. The Morgan fingerprint density at radius 3 is 3.05 bits per heavy atom. The van der Waals surface area contributed by atoms with Crippen LogP contribution in [0, 0.1) is 0 Å². The molecular weight excluding hydrogens is 290 g/mol. The lowest BCUT2D eigenvalue weighted by Crippen LogP contribution is -2.43. The molecule has 2 N–H and O–H groups in total. The van der Waals surface area contributed by atoms with Gasteiger partial charge in [-0.25, -0.2) is 4.98 Å². The third kappa shape index (κ3) is 4.78. The van der Waals surface area contributed by atoms with Gasteiger partial charge in [0.25, 0.3) is 0 Å². The van der Waals surface area contributed by atoms with Crippen LogP contribution in [0.5, 0.6) is 0 Å². The summed E-state index contributed by atoms with van der Waals surface area (Å²) in [6.45, 7) is 3.73. The molecule has 1 aromatic rings. The number of carboxylic acids is 1. The van der Waals surface area contributed by atoms with E-state index in [1.54, 1.807) is 11.3 Å². The fourth-order valence-electron chi connectivity index (χ4n) is 2.51. The maximum atomic E-state index is 11.7. The standard InChI is InChI=1S/C14H21N3O3S/c1-2-11-9-21-14(16-11)10-4-3-5-17(7-10)8-12(18)15-6-13(19)20/h9-10H,2-8H2,1H3,(H,15,18)(H,19,20). The lowest BCUT2D eigenvalue weighted by Gasteiger charge is -2.31. The third-order valence-corrected chi connectivity index (χ3v) is 4.65. The molecule has 6 nitrogen and oxygen atoms in total. The topological polar surface area (TPSA) is 82.5 Å². The van der Waals surface area contributed by atoms with E-state index in [9.17, 15) is 9.59 Å². The van der Waals surface area contributed by atoms with E-state index in [4.69, 9.17) is 5.11 Å². The van der Waals surface area contributed by atoms with Gasteiger partial charge in [0.15, 0.2) is 0 Å². The number of aromatic nitrogens is 1. The summed E-state index contributed by atoms with van der Waals surface area (Å²) in [6.07, 6.45) is 3.09. The molecule has 0 bridgehead atoms. The molecule has 21 heavy (non-hydrogen) atoms. The fourth-order valence-corrected chi connectivity index (χ4v) is 3.54. The van der Waals surface area contributed by atoms with Crippen LogP contribution in [0.4, 0.5) is 0 Å². The second-order valence-electron chi connectivity index (χ2n) is 5.28. The molecule has 2 rings (SSSR count). The molecule has 0 saturated carbocycles. The Morgan fingerprint density at radius 1 is 1.57 bits per heavy atom. The van der Waals surface area contributed by atoms with Gasteiger partial charge in [-0.3, -0.25) is 14.5 Å². The SMILES string of the molecule is CCc1csc(C2CCCN(CC(=O)NCC(=O)O)C2)n1. The molecular formula is C14H21N3O3S. The molecule has 116 valence electrons. The van der Waals surface area contributed by atoms with Crippen molar-refractivity contribution in [3.63, 3.8) is 0 Å². The van der Waals surface area contributed by atoms with Gasteiger partial charge in [-0.2, -0.15) is 0 Å². The quantitative estimate of drug-likeness (QED) is 0.821. The van der Waals surface area contributed by atoms with Crippen molar-refractivity contribution in [2.24, 2.45) is 0 Å². The second-order valence-corrected chi connectivity index (χ2v) is 6.17. The van der Waals surface area contributed by atoms with Crippen molar-refractivity contribution >= 4 is 23.2 Å². The zero-order valence-electron chi connectivity index (χ0n) is 12.2. The molecule has 1 aromatic heterocycles. The summed E-state index contributed by atoms with van der Waals surface area (Å²) in [4.78, 5) is 28.8. The molecule has 1 aliphatic rings. The number of aryl methyl sites for hydroxylation is 1. The van der Waals surface area contributed by atoms with E-state index in [1.165, 1.54) is 0 Å². The van der Waals surface area contributed by atoms with E-state index < -0.39 is 5.97 Å². The average molecular weight is 311 g/mol. The highest BCUT2D eigenvalue weighted by atomic mass is 32.1. The molecule has 2 heterocycles. The van der Waals surface area contributed by atoms with Gasteiger partial charge in [-0.1, -0.05) is 6.92 Å². The molecule has 0 radical (unpaired) electrons. The number of likely N-dealkylation sites (tertiary alicyclic amines) is 1. The van der Waals surface area contributed by atoms with Crippen LogP contribution in [0.25, 0.3) is 0 Å². The molecule has 1 aliphatic heterocycles. The third-order valence-electron chi connectivity index (χ3n) is 3.59. The molecule has 1 unspecified atom stereocenters. The number of piperidine rings is 1. The van der Waals surface area contributed by atoms with E-state index in [0.717, 1.165) is 43.1 Å². The molecule has 1 amide bonds. The highest BCUT2D eigenvalue weighted by Crippen LogP contribution is 2.29. The zero-order chi connectivity index (χ0) is 15.2. The van der Waals surface area contributed by atoms with Gasteiger partial charge in [-0.15, -0.1) is 11.3 Å². The summed E-state index contributed by atoms with van der Waals surface area (Å²) in [6, 6.07) is 0. The molecule has 0 aliphatic carbocycles. The minimum absolute atomic E-state index is 0.230. The second kappa shape index (κ2) is 7.51. The number of carboxylic acid groups (broad SMARTS) is 1. The van der Waals surface area contributed by atoms with Crippen molar-refractivity contribution in [3.8, 4) is 0 Å². The first-order valence-corrected chi connectivity index (χ1v) is 8.11. The summed E-state index contributed by atoms with van der Waals surface area (Å²) in [5.41, 5.74) is 1.13. The smallest absolute Gasteiger partial charge is 0.322 e. The Labute approximate surface area is 128 Å². The van der Waals surface area contributed by atoms with E-state index >= 15 is 0 Å². The van der Waals surface area contributed by atoms with Gasteiger partial charge >= 0.3 is 5.97 Å². The van der Waals surface area contributed by atoms with E-state index in [1.807, 2.05) is 0 Å². The van der Waals surface area contributed by atoms with Gasteiger partial charge in [0.05, 0.1) is 17.2 Å². The van der Waals surface area contributed by atoms with Gasteiger partial charge in [0.1, 0.15) is 6.54 Å². The summed E-state index contributed by atoms with van der Waals surface area (Å²) in [7, 11) is 0. The van der Waals surface area contributed by atoms with Crippen molar-refractivity contribution in [1.29, 1.82) is 0 Å². The zero-order valence-corrected chi connectivity index (χ0v) is 13.0. The van der Waals surface area contributed by atoms with E-state index in [-0.39, 0.29) is 19.0 Å². The molecule has 0 spiro atoms. The first-order chi connectivity index (χ1) is 10.1. The Balaban J connectivity index is 1.85. The predicted octanol–water partition coefficient (Wildman–Crippen LogP) is 1.09. The first-order valence-electron chi connectivity index (χ1n) is 7.23. The number of aliphatic carboxylic acids is 1. The van der Waals surface area contributed by atoms with Gasteiger partial charge in [0.2, 0.25) is 5.91 Å². The van der Waals surface area contributed by atoms with Crippen molar-refractivity contribution < 1.29 is 14.7 Å². The van der Waals surface area contributed by atoms with Crippen LogP contribution in [0.2, 0.25) is 0 Å². The summed E-state index contributed by atoms with van der Waals surface area (Å²) >= 11 is 1.70. The molecule has 7 heteroatoms. The van der Waals surface area contributed by atoms with Crippen LogP contribution in [-0.4, -0.2) is 53.0 Å². The van der Waals surface area contributed by atoms with Gasteiger partial charge in [-0.05, 0) is 25.8 Å². The Kier molecular flexibility index (Phi) is 5.69. The number of rotatable bonds is 6. The summed E-state index contributed by atoms with van der Waals surface area (Å²) in [5, 5.41) is 14.2. The van der Waals surface area contributed by atoms with Crippen LogP contribution in [-0.2, 0) is 16.0 Å². The van der Waals surface area contributed by atoms with Crippen LogP contribution >= 0.6 is 11.3 Å². The minimum atomic E-state index is -1.02. The highest BCUT2D eigenvalue weighted by molar-refractivity contribution is 7.09. The minimum Gasteiger partial charge on any atom is -0.480 e. The number of carbonyl (C=O) groups is 2. The number of carbonyl (C=O) groups excluding carboxylic acids is 1. The van der Waals surface area contributed by atoms with E-state index in [0.29, 0.717) is 5.92 Å². The number of hydrogen-bond acceptors (Lipinski definition) is 5. The van der Waals surface area contributed by atoms with E-state index in [2.05, 4.69) is 27.5 Å². The molecule has 0 aromatic carbocycles. The maximum Gasteiger partial charge on any atom is 0.322 e. The summed E-state index contributed by atoms with van der Waals surface area (Å²) in [5.74, 6) is -0.863. The maximum absolute atomic E-state index is 11.7. The Morgan fingerprint density at radius 2 is 2.38 bits per heavy atom. The largest absolute Gasteiger partial charge is 0.480 e. The lowest BCUT2D eigenvalue weighted by atomic mass is 9.99. The number of nitrogens with zero attached hydrogens (tertiary/aromatic N) is 2. The molecule has 1 atom stereocenters. The Bertz CT molecular complexity index is 503. The lowest BCUT2D eigenvalue weighted by molar-refractivity contribution is -0.138. The van der Waals surface area contributed by atoms with Crippen molar-refractivity contribution in [2.45, 2.75) is 32.1 Å². The van der Waals surface area contributed by atoms with Crippen LogP contribution in [0.1, 0.15) is 36.4 Å². The molecule has 1 fully saturated rings. The monoisotopic (exact) mass is 311 g/mol. The van der Waals surface area contributed by atoms with Crippen molar-refractivity contribution in [2.75, 3.05) is 26.2 Å². The van der Waals surface area contributed by atoms with Crippen LogP contribution in [0.3, 0.4) is 0 Å². The predicted molar refractivity (Wildman–Crippen MR) is 80.6 cm³/mol. The van der Waals surface area contributed by atoms with Crippen LogP contribution < -0.4 is 5.32 Å². The van der Waals surface area contributed by atoms with Crippen LogP contribution in [0.15, 0.2) is 5.38 Å². The molecule has 1 saturated heterocycles. The average Bonchev–Trinajstić information content (AvgIpc) is 2.94. The fraction of sp³-hybridized carbons (Fsp3) is 0.643. The van der Waals surface area contributed by atoms with Gasteiger partial charge in [0, 0.05) is 17.8 Å². The van der Waals surface area contributed by atoms with Crippen molar-refractivity contribution in [3.05, 3.63) is 16.1 Å².